The van der Waals surface area contributed by atoms with Crippen molar-refractivity contribution in [3.05, 3.63) is 12.8 Å². The van der Waals surface area contributed by atoms with Gasteiger partial charge in [-0.25, -0.2) is 0 Å². The van der Waals surface area contributed by atoms with Crippen molar-refractivity contribution in [3.8, 4) is 0 Å². The second kappa shape index (κ2) is 5.19. The van der Waals surface area contributed by atoms with E-state index in [0.29, 0.717) is 6.04 Å². The summed E-state index contributed by atoms with van der Waals surface area (Å²) < 4.78 is 5.44. The molecule has 0 aromatic rings. The monoisotopic (exact) mass is 157 g/mol. The van der Waals surface area contributed by atoms with E-state index in [2.05, 4.69) is 25.3 Å². The molecule has 2 nitrogen and oxygen atoms in total. The number of ether oxygens (including phenoxy) is 1. The molecule has 0 N–H and O–H groups in total. The summed E-state index contributed by atoms with van der Waals surface area (Å²) in [4.78, 5) is 2.06. The molecule has 0 rings (SSSR count). The van der Waals surface area contributed by atoms with E-state index in [1.54, 1.807) is 0 Å². The van der Waals surface area contributed by atoms with Crippen molar-refractivity contribution < 1.29 is 4.74 Å². The van der Waals surface area contributed by atoms with E-state index in [-0.39, 0.29) is 6.10 Å². The van der Waals surface area contributed by atoms with Crippen molar-refractivity contribution in [2.24, 2.45) is 0 Å². The Morgan fingerprint density at radius 3 is 2.45 bits per heavy atom. The summed E-state index contributed by atoms with van der Waals surface area (Å²) in [5.41, 5.74) is 0. The summed E-state index contributed by atoms with van der Waals surface area (Å²) in [6.07, 6.45) is 2.09. The van der Waals surface area contributed by atoms with E-state index in [0.717, 1.165) is 6.61 Å². The van der Waals surface area contributed by atoms with E-state index in [4.69, 9.17) is 4.74 Å². The molecule has 2 heteroatoms. The zero-order valence-corrected chi connectivity index (χ0v) is 8.00. The van der Waals surface area contributed by atoms with Crippen molar-refractivity contribution >= 4 is 0 Å². The van der Waals surface area contributed by atoms with Crippen molar-refractivity contribution in [2.45, 2.75) is 32.9 Å². The van der Waals surface area contributed by atoms with Gasteiger partial charge in [0.1, 0.15) is 0 Å². The standard InChI is InChI=1S/C9H19NO/c1-6-10(5)8(3)9(4)11-7-2/h6,8-9H,1,7H2,2-5H3. The Balaban J connectivity index is 3.79. The molecule has 0 bridgehead atoms. The summed E-state index contributed by atoms with van der Waals surface area (Å²) in [6, 6.07) is 0.396. The van der Waals surface area contributed by atoms with Gasteiger partial charge in [0.05, 0.1) is 12.1 Å². The Kier molecular flexibility index (Phi) is 4.95. The van der Waals surface area contributed by atoms with Crippen molar-refractivity contribution in [1.29, 1.82) is 0 Å². The molecular formula is C9H19NO. The second-order valence-corrected chi connectivity index (χ2v) is 2.75. The Hall–Kier alpha value is -0.500. The fraction of sp³-hybridized carbons (Fsp3) is 0.778. The molecule has 11 heavy (non-hydrogen) atoms. The van der Waals surface area contributed by atoms with Crippen molar-refractivity contribution in [2.75, 3.05) is 13.7 Å². The third kappa shape index (κ3) is 3.42. The van der Waals surface area contributed by atoms with Gasteiger partial charge in [-0.2, -0.15) is 0 Å². The highest BCUT2D eigenvalue weighted by Gasteiger charge is 2.13. The van der Waals surface area contributed by atoms with Crippen LogP contribution in [0.4, 0.5) is 0 Å². The van der Waals surface area contributed by atoms with Crippen LogP contribution in [0.5, 0.6) is 0 Å². The predicted molar refractivity (Wildman–Crippen MR) is 48.5 cm³/mol. The van der Waals surface area contributed by atoms with Gasteiger partial charge in [-0.15, -0.1) is 0 Å². The molecule has 0 aliphatic rings. The minimum Gasteiger partial charge on any atom is -0.377 e. The van der Waals surface area contributed by atoms with Crippen LogP contribution < -0.4 is 0 Å². The molecule has 0 saturated heterocycles. The number of hydrogen-bond acceptors (Lipinski definition) is 2. The van der Waals surface area contributed by atoms with Gasteiger partial charge in [0.15, 0.2) is 0 Å². The normalized spacial score (nSPS) is 15.6. The van der Waals surface area contributed by atoms with Gasteiger partial charge in [0, 0.05) is 13.7 Å². The molecule has 0 radical (unpaired) electrons. The lowest BCUT2D eigenvalue weighted by molar-refractivity contribution is 0.0290. The molecule has 0 aromatic heterocycles. The summed E-state index contributed by atoms with van der Waals surface area (Å²) in [7, 11) is 2.01. The van der Waals surface area contributed by atoms with E-state index >= 15 is 0 Å². The number of rotatable bonds is 5. The Bertz CT molecular complexity index is 114. The van der Waals surface area contributed by atoms with E-state index < -0.39 is 0 Å². The van der Waals surface area contributed by atoms with Crippen LogP contribution in [0.25, 0.3) is 0 Å². The first kappa shape index (κ1) is 10.5. The average Bonchev–Trinajstić information content (AvgIpc) is 2.02. The first-order valence-electron chi connectivity index (χ1n) is 4.09. The fourth-order valence-corrected chi connectivity index (χ4v) is 0.900. The summed E-state index contributed by atoms with van der Waals surface area (Å²) in [5.74, 6) is 0. The van der Waals surface area contributed by atoms with Crippen LogP contribution in [0.15, 0.2) is 12.8 Å². The minimum absolute atomic E-state index is 0.267. The highest BCUT2D eigenvalue weighted by Crippen LogP contribution is 2.04. The van der Waals surface area contributed by atoms with Crippen LogP contribution in [-0.4, -0.2) is 30.7 Å². The highest BCUT2D eigenvalue weighted by molar-refractivity contribution is 4.77. The zero-order valence-electron chi connectivity index (χ0n) is 8.00. The molecule has 2 unspecified atom stereocenters. The van der Waals surface area contributed by atoms with Gasteiger partial charge in [-0.3, -0.25) is 0 Å². The molecule has 0 aromatic carbocycles. The molecule has 0 saturated carbocycles. The first-order valence-corrected chi connectivity index (χ1v) is 4.09. The quantitative estimate of drug-likeness (QED) is 0.604. The maximum Gasteiger partial charge on any atom is 0.0746 e. The van der Waals surface area contributed by atoms with Gasteiger partial charge in [-0.1, -0.05) is 6.58 Å². The number of likely N-dealkylation sites (N-methyl/N-ethyl adjacent to an activating group) is 1. The van der Waals surface area contributed by atoms with Gasteiger partial charge in [0.2, 0.25) is 0 Å². The second-order valence-electron chi connectivity index (χ2n) is 2.75. The van der Waals surface area contributed by atoms with Crippen LogP contribution in [0.1, 0.15) is 20.8 Å². The third-order valence-corrected chi connectivity index (χ3v) is 2.04. The number of hydrogen-bond donors (Lipinski definition) is 0. The van der Waals surface area contributed by atoms with Crippen LogP contribution in [-0.2, 0) is 4.74 Å². The molecular weight excluding hydrogens is 138 g/mol. The Labute approximate surface area is 69.8 Å². The fourth-order valence-electron chi connectivity index (χ4n) is 0.900. The largest absolute Gasteiger partial charge is 0.377 e. The Morgan fingerprint density at radius 2 is 2.09 bits per heavy atom. The molecule has 0 aliphatic heterocycles. The van der Waals surface area contributed by atoms with Crippen molar-refractivity contribution in [3.63, 3.8) is 0 Å². The highest BCUT2D eigenvalue weighted by atomic mass is 16.5. The lowest BCUT2D eigenvalue weighted by Crippen LogP contribution is -2.35. The van der Waals surface area contributed by atoms with Gasteiger partial charge in [-0.05, 0) is 27.0 Å². The molecule has 66 valence electrons. The van der Waals surface area contributed by atoms with Crippen LogP contribution in [0.2, 0.25) is 0 Å². The van der Waals surface area contributed by atoms with Crippen LogP contribution in [0.3, 0.4) is 0 Å². The summed E-state index contributed by atoms with van der Waals surface area (Å²) in [5, 5.41) is 0. The van der Waals surface area contributed by atoms with Crippen LogP contribution in [0, 0.1) is 0 Å². The number of nitrogens with zero attached hydrogens (tertiary/aromatic N) is 1. The molecule has 0 heterocycles. The first-order chi connectivity index (χ1) is 5.13. The van der Waals surface area contributed by atoms with Gasteiger partial charge >= 0.3 is 0 Å². The topological polar surface area (TPSA) is 12.5 Å². The lowest BCUT2D eigenvalue weighted by Gasteiger charge is -2.28. The summed E-state index contributed by atoms with van der Waals surface area (Å²) in [6.45, 7) is 10.7. The van der Waals surface area contributed by atoms with Gasteiger partial charge in [0.25, 0.3) is 0 Å². The summed E-state index contributed by atoms with van der Waals surface area (Å²) >= 11 is 0. The smallest absolute Gasteiger partial charge is 0.0746 e. The maximum atomic E-state index is 5.44. The maximum absolute atomic E-state index is 5.44. The molecule has 2 atom stereocenters. The van der Waals surface area contributed by atoms with Crippen LogP contribution >= 0.6 is 0 Å². The molecule has 0 amide bonds. The van der Waals surface area contributed by atoms with E-state index in [1.165, 1.54) is 0 Å². The Morgan fingerprint density at radius 1 is 1.55 bits per heavy atom. The molecule has 0 fully saturated rings. The van der Waals surface area contributed by atoms with E-state index in [1.807, 2.05) is 20.2 Å². The molecule has 0 aliphatic carbocycles. The molecule has 0 spiro atoms. The van der Waals surface area contributed by atoms with E-state index in [9.17, 15) is 0 Å². The average molecular weight is 157 g/mol. The third-order valence-electron chi connectivity index (χ3n) is 2.04. The van der Waals surface area contributed by atoms with Crippen molar-refractivity contribution in [1.82, 2.24) is 4.90 Å². The lowest BCUT2D eigenvalue weighted by atomic mass is 10.2. The predicted octanol–water partition coefficient (Wildman–Crippen LogP) is 1.88. The van der Waals surface area contributed by atoms with Gasteiger partial charge < -0.3 is 9.64 Å². The SMILES string of the molecule is C=CN(C)C(C)C(C)OCC. The minimum atomic E-state index is 0.267. The zero-order chi connectivity index (χ0) is 8.85.